The molecule has 1 saturated heterocycles. The van der Waals surface area contributed by atoms with E-state index in [1.807, 2.05) is 0 Å². The van der Waals surface area contributed by atoms with Crippen LogP contribution in [0.15, 0.2) is 58.1 Å². The zero-order chi connectivity index (χ0) is 24.4. The molecule has 1 aliphatic rings. The monoisotopic (exact) mass is 469 g/mol. The molecule has 2 amide bonds. The topological polar surface area (TPSA) is 97.5 Å². The molecule has 2 heterocycles. The Morgan fingerprint density at radius 2 is 1.62 bits per heavy atom. The van der Waals surface area contributed by atoms with Gasteiger partial charge in [0.1, 0.15) is 17.3 Å². The van der Waals surface area contributed by atoms with E-state index in [2.05, 4.69) is 5.10 Å². The summed E-state index contributed by atoms with van der Waals surface area (Å²) in [4.78, 5) is 54.0. The predicted octanol–water partition coefficient (Wildman–Crippen LogP) is 1.02. The fourth-order valence-electron chi connectivity index (χ4n) is 3.76. The maximum absolute atomic E-state index is 14.5. The van der Waals surface area contributed by atoms with E-state index in [9.17, 15) is 28.0 Å². The molecular formula is C23H21F2N5O4. The molecule has 1 fully saturated rings. The summed E-state index contributed by atoms with van der Waals surface area (Å²) in [5.41, 5.74) is -2.46. The van der Waals surface area contributed by atoms with Gasteiger partial charge in [0.15, 0.2) is 0 Å². The van der Waals surface area contributed by atoms with Gasteiger partial charge in [-0.05, 0) is 29.8 Å². The number of carbonyl (C=O) groups is 2. The molecule has 4 rings (SSSR count). The van der Waals surface area contributed by atoms with Crippen LogP contribution in [0.3, 0.4) is 0 Å². The van der Waals surface area contributed by atoms with E-state index < -0.39 is 34.5 Å². The minimum Gasteiger partial charge on any atom is -0.339 e. The highest BCUT2D eigenvalue weighted by atomic mass is 19.1. The fourth-order valence-corrected chi connectivity index (χ4v) is 3.76. The first-order chi connectivity index (χ1) is 16.3. The number of rotatable bonds is 4. The highest BCUT2D eigenvalue weighted by Crippen LogP contribution is 2.11. The van der Waals surface area contributed by atoms with Crippen LogP contribution in [-0.2, 0) is 11.3 Å². The van der Waals surface area contributed by atoms with Gasteiger partial charge in [-0.1, -0.05) is 24.3 Å². The summed E-state index contributed by atoms with van der Waals surface area (Å²) in [6.07, 6.45) is 0. The van der Waals surface area contributed by atoms with Crippen molar-refractivity contribution in [3.8, 4) is 5.69 Å². The Kier molecular flexibility index (Phi) is 6.35. The lowest BCUT2D eigenvalue weighted by atomic mass is 10.2. The number of halogens is 2. The Morgan fingerprint density at radius 1 is 0.941 bits per heavy atom. The third-order valence-electron chi connectivity index (χ3n) is 5.58. The summed E-state index contributed by atoms with van der Waals surface area (Å²) in [6, 6.07) is 10.6. The molecule has 0 saturated carbocycles. The van der Waals surface area contributed by atoms with Gasteiger partial charge < -0.3 is 9.80 Å². The number of aromatic nitrogens is 3. The number of benzene rings is 2. The van der Waals surface area contributed by atoms with Crippen LogP contribution in [0.1, 0.15) is 23.0 Å². The van der Waals surface area contributed by atoms with Crippen molar-refractivity contribution in [2.45, 2.75) is 13.5 Å². The molecule has 0 N–H and O–H groups in total. The van der Waals surface area contributed by atoms with Crippen molar-refractivity contribution in [3.63, 3.8) is 0 Å². The van der Waals surface area contributed by atoms with Crippen molar-refractivity contribution >= 4 is 11.8 Å². The molecule has 0 spiro atoms. The fraction of sp³-hybridized carbons (Fsp3) is 0.261. The smallest absolute Gasteiger partial charge is 0.339 e. The normalized spacial score (nSPS) is 13.7. The van der Waals surface area contributed by atoms with Gasteiger partial charge in [-0.25, -0.2) is 13.6 Å². The van der Waals surface area contributed by atoms with Crippen LogP contribution in [0.5, 0.6) is 0 Å². The summed E-state index contributed by atoms with van der Waals surface area (Å²) in [5.74, 6) is -2.21. The second kappa shape index (κ2) is 9.38. The van der Waals surface area contributed by atoms with Gasteiger partial charge in [-0.3, -0.25) is 19.0 Å². The second-order valence-corrected chi connectivity index (χ2v) is 7.81. The standard InChI is InChI=1S/C23H21F2N5O4/c1-15(31)27-9-11-28(12-10-27)21(32)20-22(33)29(14-16-5-4-6-17(24)13-16)23(34)30(26-20)19-8-3-2-7-18(19)25/h2-8,13H,9-12,14H2,1H3. The van der Waals surface area contributed by atoms with E-state index >= 15 is 0 Å². The van der Waals surface area contributed by atoms with Gasteiger partial charge in [-0.15, -0.1) is 0 Å². The minimum atomic E-state index is -0.975. The number of para-hydroxylation sites is 1. The first-order valence-electron chi connectivity index (χ1n) is 10.5. The van der Waals surface area contributed by atoms with Crippen LogP contribution in [0, 0.1) is 11.6 Å². The molecule has 2 aromatic carbocycles. The Balaban J connectivity index is 1.81. The lowest BCUT2D eigenvalue weighted by Crippen LogP contribution is -2.52. The summed E-state index contributed by atoms with van der Waals surface area (Å²) < 4.78 is 29.6. The average Bonchev–Trinajstić information content (AvgIpc) is 2.82. The number of nitrogens with zero attached hydrogens (tertiary/aromatic N) is 5. The highest BCUT2D eigenvalue weighted by Gasteiger charge is 2.28. The van der Waals surface area contributed by atoms with Gasteiger partial charge in [0.2, 0.25) is 11.6 Å². The van der Waals surface area contributed by atoms with E-state index in [0.29, 0.717) is 10.2 Å². The van der Waals surface area contributed by atoms with Gasteiger partial charge in [0.05, 0.1) is 6.54 Å². The Hall–Kier alpha value is -4.15. The Bertz CT molecular complexity index is 1380. The van der Waals surface area contributed by atoms with Gasteiger partial charge >= 0.3 is 5.69 Å². The van der Waals surface area contributed by atoms with Crippen molar-refractivity contribution in [2.24, 2.45) is 0 Å². The van der Waals surface area contributed by atoms with Crippen molar-refractivity contribution < 1.29 is 18.4 Å². The largest absolute Gasteiger partial charge is 0.352 e. The molecule has 34 heavy (non-hydrogen) atoms. The summed E-state index contributed by atoms with van der Waals surface area (Å²) >= 11 is 0. The Labute approximate surface area is 192 Å². The molecule has 3 aromatic rings. The number of hydrogen-bond donors (Lipinski definition) is 0. The molecule has 176 valence electrons. The van der Waals surface area contributed by atoms with Crippen LogP contribution in [0.25, 0.3) is 5.69 Å². The molecule has 9 nitrogen and oxygen atoms in total. The third kappa shape index (κ3) is 4.49. The van der Waals surface area contributed by atoms with Crippen molar-refractivity contribution in [1.29, 1.82) is 0 Å². The lowest BCUT2D eigenvalue weighted by molar-refractivity contribution is -0.130. The maximum atomic E-state index is 14.5. The maximum Gasteiger partial charge on any atom is 0.352 e. The molecule has 0 aliphatic carbocycles. The zero-order valence-corrected chi connectivity index (χ0v) is 18.3. The Morgan fingerprint density at radius 3 is 2.26 bits per heavy atom. The molecule has 0 bridgehead atoms. The quantitative estimate of drug-likeness (QED) is 0.569. The van der Waals surface area contributed by atoms with Crippen molar-refractivity contribution in [1.82, 2.24) is 24.1 Å². The molecule has 0 unspecified atom stereocenters. The minimum absolute atomic E-state index is 0.129. The van der Waals surface area contributed by atoms with Crippen LogP contribution in [0.2, 0.25) is 0 Å². The van der Waals surface area contributed by atoms with E-state index in [-0.39, 0.29) is 44.3 Å². The number of carbonyl (C=O) groups excluding carboxylic acids is 2. The number of hydrogen-bond acceptors (Lipinski definition) is 5. The van der Waals surface area contributed by atoms with E-state index in [1.165, 1.54) is 48.2 Å². The van der Waals surface area contributed by atoms with Gasteiger partial charge in [-0.2, -0.15) is 9.78 Å². The van der Waals surface area contributed by atoms with Crippen LogP contribution in [-0.4, -0.2) is 62.1 Å². The third-order valence-corrected chi connectivity index (χ3v) is 5.58. The van der Waals surface area contributed by atoms with Gasteiger partial charge in [0.25, 0.3) is 11.5 Å². The predicted molar refractivity (Wildman–Crippen MR) is 118 cm³/mol. The molecule has 1 aromatic heterocycles. The van der Waals surface area contributed by atoms with E-state index in [4.69, 9.17) is 0 Å². The van der Waals surface area contributed by atoms with Crippen molar-refractivity contribution in [3.05, 3.63) is 92.3 Å². The second-order valence-electron chi connectivity index (χ2n) is 7.81. The molecule has 1 aliphatic heterocycles. The van der Waals surface area contributed by atoms with E-state index in [1.54, 1.807) is 4.90 Å². The van der Waals surface area contributed by atoms with Gasteiger partial charge in [0, 0.05) is 33.1 Å². The molecule has 11 heteroatoms. The lowest BCUT2D eigenvalue weighted by Gasteiger charge is -2.33. The first-order valence-corrected chi connectivity index (χ1v) is 10.5. The molecule has 0 atom stereocenters. The zero-order valence-electron chi connectivity index (χ0n) is 18.3. The highest BCUT2D eigenvalue weighted by molar-refractivity contribution is 5.92. The van der Waals surface area contributed by atoms with Crippen LogP contribution in [0.4, 0.5) is 8.78 Å². The van der Waals surface area contributed by atoms with Crippen LogP contribution < -0.4 is 11.2 Å². The molecule has 0 radical (unpaired) electrons. The molecular weight excluding hydrogens is 448 g/mol. The average molecular weight is 469 g/mol. The van der Waals surface area contributed by atoms with Crippen LogP contribution >= 0.6 is 0 Å². The summed E-state index contributed by atoms with van der Waals surface area (Å²) in [5, 5.41) is 3.94. The van der Waals surface area contributed by atoms with Crippen molar-refractivity contribution in [2.75, 3.05) is 26.2 Å². The first kappa shape index (κ1) is 23.0. The summed E-state index contributed by atoms with van der Waals surface area (Å²) in [7, 11) is 0. The number of piperazine rings is 1. The van der Waals surface area contributed by atoms with E-state index in [0.717, 1.165) is 16.7 Å². The number of amides is 2. The summed E-state index contributed by atoms with van der Waals surface area (Å²) in [6.45, 7) is 1.99. The SMILES string of the molecule is CC(=O)N1CCN(C(=O)c2nn(-c3ccccc3F)c(=O)n(Cc3cccc(F)c3)c2=O)CC1.